The highest BCUT2D eigenvalue weighted by atomic mass is 32.2. The molecule has 0 spiro atoms. The zero-order valence-electron chi connectivity index (χ0n) is 9.53. The Bertz CT molecular complexity index is 286. The van der Waals surface area contributed by atoms with Crippen LogP contribution in [0.4, 0.5) is 0 Å². The van der Waals surface area contributed by atoms with Gasteiger partial charge in [-0.3, -0.25) is 0 Å². The first-order chi connectivity index (χ1) is 6.79. The van der Waals surface area contributed by atoms with E-state index in [1.54, 1.807) is 13.8 Å². The third-order valence-electron chi connectivity index (χ3n) is 2.42. The Hall–Kier alpha value is -0.130. The van der Waals surface area contributed by atoms with E-state index in [-0.39, 0.29) is 17.4 Å². The van der Waals surface area contributed by atoms with Gasteiger partial charge in [0.2, 0.25) is 0 Å². The van der Waals surface area contributed by atoms with Crippen LogP contribution in [-0.4, -0.2) is 38.7 Å². The zero-order chi connectivity index (χ0) is 11.5. The van der Waals surface area contributed by atoms with Crippen molar-refractivity contribution in [3.63, 3.8) is 0 Å². The summed E-state index contributed by atoms with van der Waals surface area (Å²) in [5.41, 5.74) is 5.09. The number of ether oxygens (including phenoxy) is 1. The van der Waals surface area contributed by atoms with Gasteiger partial charge in [-0.25, -0.2) is 8.42 Å². The fourth-order valence-electron chi connectivity index (χ4n) is 1.90. The minimum atomic E-state index is -3.02. The highest BCUT2D eigenvalue weighted by molar-refractivity contribution is 7.91. The van der Waals surface area contributed by atoms with Crippen LogP contribution in [0, 0.1) is 5.92 Å². The van der Waals surface area contributed by atoms with Crippen molar-refractivity contribution in [2.45, 2.75) is 32.2 Å². The topological polar surface area (TPSA) is 69.4 Å². The van der Waals surface area contributed by atoms with Crippen LogP contribution in [0.2, 0.25) is 0 Å². The van der Waals surface area contributed by atoms with Gasteiger partial charge in [0.15, 0.2) is 9.84 Å². The molecule has 5 heteroatoms. The molecule has 0 saturated carbocycles. The molecule has 1 heterocycles. The number of hydrogen-bond acceptors (Lipinski definition) is 4. The number of hydrogen-bond donors (Lipinski definition) is 1. The monoisotopic (exact) mass is 235 g/mol. The first-order valence-corrected chi connectivity index (χ1v) is 7.18. The van der Waals surface area contributed by atoms with Crippen molar-refractivity contribution >= 4 is 9.84 Å². The van der Waals surface area contributed by atoms with Crippen molar-refractivity contribution in [2.24, 2.45) is 11.7 Å². The molecule has 0 unspecified atom stereocenters. The Balaban J connectivity index is 2.48. The van der Waals surface area contributed by atoms with Gasteiger partial charge in [0.25, 0.3) is 0 Å². The van der Waals surface area contributed by atoms with E-state index in [4.69, 9.17) is 10.5 Å². The second-order valence-corrected chi connectivity index (χ2v) is 7.21. The number of nitrogens with two attached hydrogens (primary N) is 1. The summed E-state index contributed by atoms with van der Waals surface area (Å²) in [5, 5.41) is 0. The molecule has 1 aliphatic heterocycles. The maximum atomic E-state index is 11.8. The largest absolute Gasteiger partial charge is 0.381 e. The predicted molar refractivity (Wildman–Crippen MR) is 60.5 cm³/mol. The standard InChI is InChI=1S/C10H21NO3S/c1-10(2,11)8-15(12,13)7-9-3-5-14-6-4-9/h9H,3-8,11H2,1-2H3. The molecule has 0 aliphatic carbocycles. The summed E-state index contributed by atoms with van der Waals surface area (Å²) in [5.74, 6) is 0.583. The molecule has 0 radical (unpaired) electrons. The molecule has 15 heavy (non-hydrogen) atoms. The molecule has 1 fully saturated rings. The normalized spacial score (nSPS) is 20.5. The zero-order valence-corrected chi connectivity index (χ0v) is 10.3. The third-order valence-corrected chi connectivity index (χ3v) is 4.59. The van der Waals surface area contributed by atoms with Crippen LogP contribution < -0.4 is 5.73 Å². The Morgan fingerprint density at radius 1 is 1.33 bits per heavy atom. The molecule has 1 saturated heterocycles. The minimum Gasteiger partial charge on any atom is -0.381 e. The van der Waals surface area contributed by atoms with E-state index in [9.17, 15) is 8.42 Å². The fourth-order valence-corrected chi connectivity index (χ4v) is 4.20. The molecular formula is C10H21NO3S. The molecule has 4 nitrogen and oxygen atoms in total. The van der Waals surface area contributed by atoms with Crippen molar-refractivity contribution in [1.82, 2.24) is 0 Å². The fraction of sp³-hybridized carbons (Fsp3) is 1.00. The average Bonchev–Trinajstić information content (AvgIpc) is 1.99. The lowest BCUT2D eigenvalue weighted by atomic mass is 10.0. The van der Waals surface area contributed by atoms with Gasteiger partial charge >= 0.3 is 0 Å². The van der Waals surface area contributed by atoms with Crippen molar-refractivity contribution in [2.75, 3.05) is 24.7 Å². The van der Waals surface area contributed by atoms with Crippen molar-refractivity contribution in [3.05, 3.63) is 0 Å². The molecule has 0 amide bonds. The Morgan fingerprint density at radius 3 is 2.33 bits per heavy atom. The van der Waals surface area contributed by atoms with Crippen LogP contribution in [-0.2, 0) is 14.6 Å². The van der Waals surface area contributed by atoms with E-state index in [0.29, 0.717) is 13.2 Å². The highest BCUT2D eigenvalue weighted by Gasteiger charge is 2.26. The maximum absolute atomic E-state index is 11.8. The van der Waals surface area contributed by atoms with E-state index in [1.807, 2.05) is 0 Å². The average molecular weight is 235 g/mol. The molecule has 90 valence electrons. The molecule has 0 aromatic rings. The first-order valence-electron chi connectivity index (χ1n) is 5.36. The Labute approximate surface area is 92.1 Å². The van der Waals surface area contributed by atoms with Gasteiger partial charge in [0.05, 0.1) is 11.5 Å². The highest BCUT2D eigenvalue weighted by Crippen LogP contribution is 2.18. The Kier molecular flexibility index (Phi) is 4.14. The number of rotatable bonds is 4. The molecule has 0 bridgehead atoms. The molecule has 2 N–H and O–H groups in total. The van der Waals surface area contributed by atoms with Crippen LogP contribution in [0.3, 0.4) is 0 Å². The van der Waals surface area contributed by atoms with Gasteiger partial charge in [-0.05, 0) is 32.6 Å². The summed E-state index contributed by atoms with van der Waals surface area (Å²) in [4.78, 5) is 0. The summed E-state index contributed by atoms with van der Waals surface area (Å²) in [6.07, 6.45) is 1.70. The lowest BCUT2D eigenvalue weighted by Gasteiger charge is -2.24. The lowest BCUT2D eigenvalue weighted by Crippen LogP contribution is -2.41. The summed E-state index contributed by atoms with van der Waals surface area (Å²) >= 11 is 0. The van der Waals surface area contributed by atoms with Gasteiger partial charge in [-0.1, -0.05) is 0 Å². The van der Waals surface area contributed by atoms with E-state index in [2.05, 4.69) is 0 Å². The summed E-state index contributed by atoms with van der Waals surface area (Å²) in [6, 6.07) is 0. The molecule has 0 aromatic heterocycles. The van der Waals surface area contributed by atoms with Crippen molar-refractivity contribution < 1.29 is 13.2 Å². The second-order valence-electron chi connectivity index (χ2n) is 5.10. The quantitative estimate of drug-likeness (QED) is 0.773. The van der Waals surface area contributed by atoms with Gasteiger partial charge < -0.3 is 10.5 Å². The van der Waals surface area contributed by atoms with Crippen molar-refractivity contribution in [1.29, 1.82) is 0 Å². The van der Waals surface area contributed by atoms with Crippen LogP contribution >= 0.6 is 0 Å². The summed E-state index contributed by atoms with van der Waals surface area (Å²) in [7, 11) is -3.02. The first kappa shape index (κ1) is 12.9. The van der Waals surface area contributed by atoms with Gasteiger partial charge in [0, 0.05) is 18.8 Å². The minimum absolute atomic E-state index is 0.0668. The molecular weight excluding hydrogens is 214 g/mol. The predicted octanol–water partition coefficient (Wildman–Crippen LogP) is 0.565. The van der Waals surface area contributed by atoms with E-state index in [0.717, 1.165) is 12.8 Å². The van der Waals surface area contributed by atoms with Crippen LogP contribution in [0.25, 0.3) is 0 Å². The van der Waals surface area contributed by atoms with E-state index in [1.165, 1.54) is 0 Å². The van der Waals surface area contributed by atoms with Crippen LogP contribution in [0.5, 0.6) is 0 Å². The van der Waals surface area contributed by atoms with E-state index < -0.39 is 15.4 Å². The molecule has 0 atom stereocenters. The van der Waals surface area contributed by atoms with E-state index >= 15 is 0 Å². The van der Waals surface area contributed by atoms with Gasteiger partial charge in [-0.15, -0.1) is 0 Å². The summed E-state index contributed by atoms with van der Waals surface area (Å²) in [6.45, 7) is 4.86. The molecule has 1 rings (SSSR count). The second kappa shape index (κ2) is 4.80. The number of sulfone groups is 1. The van der Waals surface area contributed by atoms with Crippen molar-refractivity contribution in [3.8, 4) is 0 Å². The molecule has 0 aromatic carbocycles. The maximum Gasteiger partial charge on any atom is 0.152 e. The Morgan fingerprint density at radius 2 is 1.87 bits per heavy atom. The lowest BCUT2D eigenvalue weighted by molar-refractivity contribution is 0.0723. The molecule has 1 aliphatic rings. The van der Waals surface area contributed by atoms with Gasteiger partial charge in [-0.2, -0.15) is 0 Å². The summed E-state index contributed by atoms with van der Waals surface area (Å²) < 4.78 is 28.8. The van der Waals surface area contributed by atoms with Gasteiger partial charge in [0.1, 0.15) is 0 Å². The third kappa shape index (κ3) is 5.49. The van der Waals surface area contributed by atoms with Crippen LogP contribution in [0.15, 0.2) is 0 Å². The SMILES string of the molecule is CC(C)(N)CS(=O)(=O)CC1CCOCC1. The van der Waals surface area contributed by atoms with Crippen LogP contribution in [0.1, 0.15) is 26.7 Å². The smallest absolute Gasteiger partial charge is 0.152 e.